The molecule has 2 atom stereocenters. The minimum absolute atomic E-state index is 0.0311. The summed E-state index contributed by atoms with van der Waals surface area (Å²) in [5, 5.41) is 17.2. The van der Waals surface area contributed by atoms with E-state index in [-0.39, 0.29) is 24.0 Å². The lowest BCUT2D eigenvalue weighted by molar-refractivity contribution is -0.132. The summed E-state index contributed by atoms with van der Waals surface area (Å²) in [5.41, 5.74) is 1.81. The van der Waals surface area contributed by atoms with Gasteiger partial charge in [0.2, 0.25) is 5.91 Å². The van der Waals surface area contributed by atoms with Crippen molar-refractivity contribution in [3.05, 3.63) is 36.0 Å². The molecular formula is C18H25N3O2. The second kappa shape index (κ2) is 6.72. The molecular weight excluding hydrogens is 290 g/mol. The number of aromatic nitrogens is 1. The summed E-state index contributed by atoms with van der Waals surface area (Å²) >= 11 is 0. The first-order valence-corrected chi connectivity index (χ1v) is 8.30. The zero-order chi connectivity index (χ0) is 16.3. The fourth-order valence-electron chi connectivity index (χ4n) is 3.34. The minimum Gasteiger partial charge on any atom is -0.394 e. The van der Waals surface area contributed by atoms with Crippen LogP contribution in [0, 0.1) is 5.41 Å². The van der Waals surface area contributed by atoms with Crippen LogP contribution < -0.4 is 10.6 Å². The van der Waals surface area contributed by atoms with Gasteiger partial charge in [-0.15, -0.1) is 0 Å². The molecule has 0 bridgehead atoms. The van der Waals surface area contributed by atoms with Crippen molar-refractivity contribution in [3.63, 3.8) is 0 Å². The van der Waals surface area contributed by atoms with Gasteiger partial charge in [-0.3, -0.25) is 4.79 Å². The summed E-state index contributed by atoms with van der Waals surface area (Å²) in [6.45, 7) is 3.61. The average Bonchev–Trinajstić information content (AvgIpc) is 2.98. The van der Waals surface area contributed by atoms with Crippen LogP contribution in [-0.4, -0.2) is 41.7 Å². The van der Waals surface area contributed by atoms with Gasteiger partial charge < -0.3 is 20.7 Å². The Kier molecular flexibility index (Phi) is 4.68. The number of para-hydroxylation sites is 1. The first-order chi connectivity index (χ1) is 11.1. The van der Waals surface area contributed by atoms with Crippen molar-refractivity contribution in [2.45, 2.75) is 32.2 Å². The summed E-state index contributed by atoms with van der Waals surface area (Å²) in [7, 11) is 0. The van der Waals surface area contributed by atoms with Crippen LogP contribution in [0.2, 0.25) is 0 Å². The van der Waals surface area contributed by atoms with Crippen molar-refractivity contribution in [2.24, 2.45) is 5.41 Å². The van der Waals surface area contributed by atoms with Crippen molar-refractivity contribution in [1.29, 1.82) is 0 Å². The molecule has 0 saturated carbocycles. The number of carbonyl (C=O) groups is 1. The van der Waals surface area contributed by atoms with Crippen molar-refractivity contribution in [2.75, 3.05) is 19.7 Å². The van der Waals surface area contributed by atoms with E-state index in [1.54, 1.807) is 0 Å². The van der Waals surface area contributed by atoms with Crippen molar-refractivity contribution < 1.29 is 9.90 Å². The third-order valence-electron chi connectivity index (χ3n) is 4.84. The van der Waals surface area contributed by atoms with E-state index in [9.17, 15) is 9.90 Å². The molecule has 2 heterocycles. The predicted molar refractivity (Wildman–Crippen MR) is 91.2 cm³/mol. The van der Waals surface area contributed by atoms with Crippen LogP contribution in [0.5, 0.6) is 0 Å². The normalized spacial score (nSPS) is 22.9. The van der Waals surface area contributed by atoms with Crippen LogP contribution in [-0.2, 0) is 11.2 Å². The van der Waals surface area contributed by atoms with Crippen LogP contribution >= 0.6 is 0 Å². The highest BCUT2D eigenvalue weighted by Crippen LogP contribution is 2.26. The summed E-state index contributed by atoms with van der Waals surface area (Å²) in [6.07, 6.45) is 4.48. The Morgan fingerprint density at radius 2 is 2.26 bits per heavy atom. The van der Waals surface area contributed by atoms with Gasteiger partial charge in [0.15, 0.2) is 0 Å². The standard InChI is InChI=1S/C18H25N3O2/c1-18(7-4-8-19-12-18)17(23)21-14(11-22)9-13-10-20-16-6-3-2-5-15(13)16/h2-3,5-6,10,14,19-20,22H,4,7-9,11-12H2,1H3,(H,21,23). The Balaban J connectivity index is 1.69. The van der Waals surface area contributed by atoms with E-state index >= 15 is 0 Å². The molecule has 5 nitrogen and oxygen atoms in total. The number of fused-ring (bicyclic) bond motifs is 1. The maximum Gasteiger partial charge on any atom is 0.227 e. The summed E-state index contributed by atoms with van der Waals surface area (Å²) in [4.78, 5) is 15.8. The van der Waals surface area contributed by atoms with Gasteiger partial charge in [0.1, 0.15) is 0 Å². The zero-order valence-corrected chi connectivity index (χ0v) is 13.6. The van der Waals surface area contributed by atoms with Crippen molar-refractivity contribution in [1.82, 2.24) is 15.6 Å². The van der Waals surface area contributed by atoms with Crippen molar-refractivity contribution in [3.8, 4) is 0 Å². The number of nitrogens with one attached hydrogen (secondary N) is 3. The van der Waals surface area contributed by atoms with Crippen LogP contribution in [0.4, 0.5) is 0 Å². The van der Waals surface area contributed by atoms with Crippen molar-refractivity contribution >= 4 is 16.8 Å². The zero-order valence-electron chi connectivity index (χ0n) is 13.6. The number of hydrogen-bond donors (Lipinski definition) is 4. The van der Waals surface area contributed by atoms with Gasteiger partial charge in [-0.05, 0) is 44.4 Å². The molecule has 5 heteroatoms. The van der Waals surface area contributed by atoms with E-state index in [4.69, 9.17) is 0 Å². The van der Waals surface area contributed by atoms with Gasteiger partial charge in [0.05, 0.1) is 18.1 Å². The van der Waals surface area contributed by atoms with Gasteiger partial charge in [-0.1, -0.05) is 18.2 Å². The molecule has 1 aromatic heterocycles. The van der Waals surface area contributed by atoms with E-state index in [0.29, 0.717) is 13.0 Å². The lowest BCUT2D eigenvalue weighted by Crippen LogP contribution is -2.52. The largest absolute Gasteiger partial charge is 0.394 e. The van der Waals surface area contributed by atoms with Gasteiger partial charge in [0, 0.05) is 23.6 Å². The summed E-state index contributed by atoms with van der Waals surface area (Å²) < 4.78 is 0. The number of amides is 1. The van der Waals surface area contributed by atoms with Crippen LogP contribution in [0.1, 0.15) is 25.3 Å². The van der Waals surface area contributed by atoms with Crippen LogP contribution in [0.3, 0.4) is 0 Å². The third-order valence-corrected chi connectivity index (χ3v) is 4.84. The SMILES string of the molecule is CC1(C(=O)NC(CO)Cc2c[nH]c3ccccc23)CCCNC1. The highest BCUT2D eigenvalue weighted by Gasteiger charge is 2.35. The molecule has 0 radical (unpaired) electrons. The van der Waals surface area contributed by atoms with Gasteiger partial charge in [-0.25, -0.2) is 0 Å². The van der Waals surface area contributed by atoms with Crippen LogP contribution in [0.25, 0.3) is 10.9 Å². The number of benzene rings is 1. The van der Waals surface area contributed by atoms with E-state index in [1.807, 2.05) is 31.3 Å². The highest BCUT2D eigenvalue weighted by molar-refractivity contribution is 5.84. The van der Waals surface area contributed by atoms with Gasteiger partial charge in [-0.2, -0.15) is 0 Å². The molecule has 2 unspecified atom stereocenters. The third kappa shape index (κ3) is 3.41. The Morgan fingerprint density at radius 1 is 1.43 bits per heavy atom. The Hall–Kier alpha value is -1.85. The molecule has 1 aliphatic heterocycles. The smallest absolute Gasteiger partial charge is 0.227 e. The lowest BCUT2D eigenvalue weighted by Gasteiger charge is -2.34. The van der Waals surface area contributed by atoms with Gasteiger partial charge in [0.25, 0.3) is 0 Å². The molecule has 1 aliphatic rings. The first-order valence-electron chi connectivity index (χ1n) is 8.30. The maximum absolute atomic E-state index is 12.6. The fraction of sp³-hybridized carbons (Fsp3) is 0.500. The average molecular weight is 315 g/mol. The molecule has 1 saturated heterocycles. The predicted octanol–water partition coefficient (Wildman–Crippen LogP) is 1.58. The summed E-state index contributed by atoms with van der Waals surface area (Å²) in [6, 6.07) is 7.82. The second-order valence-electron chi connectivity index (χ2n) is 6.76. The molecule has 0 spiro atoms. The molecule has 124 valence electrons. The Morgan fingerprint density at radius 3 is 3.00 bits per heavy atom. The van der Waals surface area contributed by atoms with E-state index in [2.05, 4.69) is 21.7 Å². The molecule has 2 aromatic rings. The first kappa shape index (κ1) is 16.0. The maximum atomic E-state index is 12.6. The minimum atomic E-state index is -0.383. The van der Waals surface area contributed by atoms with Crippen LogP contribution in [0.15, 0.2) is 30.5 Å². The van der Waals surface area contributed by atoms with E-state index in [0.717, 1.165) is 35.9 Å². The van der Waals surface area contributed by atoms with Gasteiger partial charge >= 0.3 is 0 Å². The molecule has 4 N–H and O–H groups in total. The second-order valence-corrected chi connectivity index (χ2v) is 6.76. The number of aliphatic hydroxyl groups excluding tert-OH is 1. The number of H-pyrrole nitrogens is 1. The number of aromatic amines is 1. The number of carbonyl (C=O) groups excluding carboxylic acids is 1. The highest BCUT2D eigenvalue weighted by atomic mass is 16.3. The fourth-order valence-corrected chi connectivity index (χ4v) is 3.34. The van der Waals surface area contributed by atoms with E-state index in [1.165, 1.54) is 0 Å². The Bertz CT molecular complexity index is 674. The van der Waals surface area contributed by atoms with E-state index < -0.39 is 0 Å². The Labute approximate surface area is 136 Å². The number of rotatable bonds is 5. The number of piperidine rings is 1. The molecule has 1 amide bonds. The summed E-state index contributed by atoms with van der Waals surface area (Å²) in [5.74, 6) is 0.0311. The number of aliphatic hydroxyl groups is 1. The molecule has 1 fully saturated rings. The molecule has 0 aliphatic carbocycles. The molecule has 1 aromatic carbocycles. The monoisotopic (exact) mass is 315 g/mol. The quantitative estimate of drug-likeness (QED) is 0.676. The number of hydrogen-bond acceptors (Lipinski definition) is 3. The topological polar surface area (TPSA) is 77.2 Å². The lowest BCUT2D eigenvalue weighted by atomic mass is 9.81. The molecule has 3 rings (SSSR count). The molecule has 23 heavy (non-hydrogen) atoms.